The van der Waals surface area contributed by atoms with Crippen molar-refractivity contribution in [1.29, 1.82) is 0 Å². The summed E-state index contributed by atoms with van der Waals surface area (Å²) in [6.07, 6.45) is 0. The second-order valence-corrected chi connectivity index (χ2v) is 10.3. The highest BCUT2D eigenvalue weighted by atomic mass is 32.2. The number of thioether (sulfide) groups is 1. The molecule has 2 aromatic carbocycles. The van der Waals surface area contributed by atoms with Crippen molar-refractivity contribution in [2.24, 2.45) is 0 Å². The number of aryl methyl sites for hydroxylation is 1. The van der Waals surface area contributed by atoms with E-state index in [4.69, 9.17) is 4.74 Å². The summed E-state index contributed by atoms with van der Waals surface area (Å²) in [6, 6.07) is 14.6. The fraction of sp³-hybridized carbons (Fsp3) is 0.333. The van der Waals surface area contributed by atoms with Gasteiger partial charge in [-0.3, -0.25) is 4.79 Å². The highest BCUT2D eigenvalue weighted by Gasteiger charge is 2.28. The van der Waals surface area contributed by atoms with Gasteiger partial charge in [0.25, 0.3) is 0 Å². The van der Waals surface area contributed by atoms with Crippen molar-refractivity contribution in [3.63, 3.8) is 0 Å². The fourth-order valence-electron chi connectivity index (χ4n) is 3.36. The smallest absolute Gasteiger partial charge is 0.243 e. The number of nitrogens with one attached hydrogen (secondary N) is 1. The van der Waals surface area contributed by atoms with Gasteiger partial charge in [0.1, 0.15) is 0 Å². The third-order valence-corrected chi connectivity index (χ3v) is 8.06. The molecule has 10 nitrogen and oxygen atoms in total. The van der Waals surface area contributed by atoms with E-state index in [0.717, 1.165) is 5.56 Å². The minimum atomic E-state index is -3.67. The van der Waals surface area contributed by atoms with Gasteiger partial charge in [-0.2, -0.15) is 4.31 Å². The Labute approximate surface area is 196 Å². The maximum Gasteiger partial charge on any atom is 0.243 e. The molecule has 0 saturated carbocycles. The third kappa shape index (κ3) is 5.77. The van der Waals surface area contributed by atoms with Crippen LogP contribution in [0.25, 0.3) is 0 Å². The van der Waals surface area contributed by atoms with Gasteiger partial charge in [0.15, 0.2) is 0 Å². The SMILES string of the molecule is Cc1ccc(NC(=O)CSc2nnnn2Cc2ccccc2)cc1S(=O)(=O)N1CCOCC1. The number of ether oxygens (including phenoxy) is 1. The van der Waals surface area contributed by atoms with Crippen molar-refractivity contribution >= 4 is 33.4 Å². The molecule has 1 aromatic heterocycles. The number of amides is 1. The molecule has 1 amide bonds. The van der Waals surface area contributed by atoms with Crippen molar-refractivity contribution in [3.05, 3.63) is 59.7 Å². The van der Waals surface area contributed by atoms with Crippen molar-refractivity contribution in [3.8, 4) is 0 Å². The zero-order valence-corrected chi connectivity index (χ0v) is 19.7. The molecule has 1 aliphatic rings. The molecular weight excluding hydrogens is 464 g/mol. The third-order valence-electron chi connectivity index (χ3n) is 5.07. The van der Waals surface area contributed by atoms with Gasteiger partial charge in [-0.15, -0.1) is 5.10 Å². The van der Waals surface area contributed by atoms with Crippen LogP contribution in [0.4, 0.5) is 5.69 Å². The van der Waals surface area contributed by atoms with Gasteiger partial charge in [-0.25, -0.2) is 13.1 Å². The molecule has 3 aromatic rings. The summed E-state index contributed by atoms with van der Waals surface area (Å²) < 4.78 is 34.4. The Kier molecular flexibility index (Phi) is 7.38. The number of tetrazole rings is 1. The molecule has 1 N–H and O–H groups in total. The van der Waals surface area contributed by atoms with Crippen LogP contribution in [0.3, 0.4) is 0 Å². The zero-order chi connectivity index (χ0) is 23.3. The molecule has 33 heavy (non-hydrogen) atoms. The Morgan fingerprint density at radius 2 is 1.91 bits per heavy atom. The Bertz CT molecular complexity index is 1210. The molecule has 1 saturated heterocycles. The standard InChI is InChI=1S/C21H24N6O4S2/c1-16-7-8-18(13-19(16)33(29,30)26-9-11-31-12-10-26)22-20(28)15-32-21-23-24-25-27(21)14-17-5-3-2-4-6-17/h2-8,13H,9-12,14-15H2,1H3,(H,22,28). The molecular formula is C21H24N6O4S2. The Morgan fingerprint density at radius 1 is 1.15 bits per heavy atom. The topological polar surface area (TPSA) is 119 Å². The molecule has 12 heteroatoms. The van der Waals surface area contributed by atoms with E-state index in [9.17, 15) is 13.2 Å². The molecule has 4 rings (SSSR count). The minimum absolute atomic E-state index is 0.0780. The molecule has 1 fully saturated rings. The number of anilines is 1. The highest BCUT2D eigenvalue weighted by Crippen LogP contribution is 2.25. The number of sulfonamides is 1. The summed E-state index contributed by atoms with van der Waals surface area (Å²) >= 11 is 1.21. The van der Waals surface area contributed by atoms with Gasteiger partial charge in [-0.1, -0.05) is 48.2 Å². The van der Waals surface area contributed by atoms with Crippen molar-refractivity contribution in [2.45, 2.75) is 23.5 Å². The minimum Gasteiger partial charge on any atom is -0.379 e. The summed E-state index contributed by atoms with van der Waals surface area (Å²) in [7, 11) is -3.67. The first kappa shape index (κ1) is 23.4. The predicted molar refractivity (Wildman–Crippen MR) is 123 cm³/mol. The maximum atomic E-state index is 13.0. The average molecular weight is 489 g/mol. The van der Waals surface area contributed by atoms with E-state index in [-0.39, 0.29) is 16.6 Å². The van der Waals surface area contributed by atoms with Crippen LogP contribution >= 0.6 is 11.8 Å². The van der Waals surface area contributed by atoms with Crippen molar-refractivity contribution in [2.75, 3.05) is 37.4 Å². The Balaban J connectivity index is 1.40. The Morgan fingerprint density at radius 3 is 2.67 bits per heavy atom. The van der Waals surface area contributed by atoms with Crippen LogP contribution in [0.5, 0.6) is 0 Å². The normalized spacial score (nSPS) is 14.8. The number of morpholine rings is 1. The van der Waals surface area contributed by atoms with Gasteiger partial charge < -0.3 is 10.1 Å². The number of aromatic nitrogens is 4. The number of rotatable bonds is 8. The van der Waals surface area contributed by atoms with E-state index >= 15 is 0 Å². The fourth-order valence-corrected chi connectivity index (χ4v) is 5.70. The van der Waals surface area contributed by atoms with Crippen LogP contribution in [0.15, 0.2) is 58.6 Å². The monoisotopic (exact) mass is 488 g/mol. The molecule has 0 atom stereocenters. The number of carbonyl (C=O) groups excluding carboxylic acids is 1. The predicted octanol–water partition coefficient (Wildman–Crippen LogP) is 1.78. The lowest BCUT2D eigenvalue weighted by Gasteiger charge is -2.26. The zero-order valence-electron chi connectivity index (χ0n) is 18.0. The maximum absolute atomic E-state index is 13.0. The van der Waals surface area contributed by atoms with Crippen LogP contribution < -0.4 is 5.32 Å². The number of hydrogen-bond donors (Lipinski definition) is 1. The molecule has 2 heterocycles. The number of carbonyl (C=O) groups is 1. The summed E-state index contributed by atoms with van der Waals surface area (Å²) in [4.78, 5) is 12.7. The lowest BCUT2D eigenvalue weighted by atomic mass is 10.2. The largest absolute Gasteiger partial charge is 0.379 e. The number of hydrogen-bond acceptors (Lipinski definition) is 8. The summed E-state index contributed by atoms with van der Waals surface area (Å²) in [5, 5.41) is 15.0. The van der Waals surface area contributed by atoms with Gasteiger partial charge in [0.2, 0.25) is 21.1 Å². The van der Waals surface area contributed by atoms with E-state index in [0.29, 0.717) is 49.3 Å². The highest BCUT2D eigenvalue weighted by molar-refractivity contribution is 7.99. The lowest BCUT2D eigenvalue weighted by molar-refractivity contribution is -0.113. The quantitative estimate of drug-likeness (QED) is 0.477. The van der Waals surface area contributed by atoms with Crippen molar-refractivity contribution in [1.82, 2.24) is 24.5 Å². The van der Waals surface area contributed by atoms with Gasteiger partial charge in [0, 0.05) is 18.8 Å². The number of benzene rings is 2. The summed E-state index contributed by atoms with van der Waals surface area (Å²) in [5.41, 5.74) is 2.08. The lowest BCUT2D eigenvalue weighted by Crippen LogP contribution is -2.40. The van der Waals surface area contributed by atoms with Gasteiger partial charge in [0.05, 0.1) is 30.4 Å². The van der Waals surface area contributed by atoms with Crippen LogP contribution in [0.1, 0.15) is 11.1 Å². The number of nitrogens with zero attached hydrogens (tertiary/aromatic N) is 5. The summed E-state index contributed by atoms with van der Waals surface area (Å²) in [5.74, 6) is -0.206. The van der Waals surface area contributed by atoms with Crippen LogP contribution in [-0.4, -0.2) is 70.9 Å². The van der Waals surface area contributed by atoms with E-state index in [1.54, 1.807) is 23.7 Å². The van der Waals surface area contributed by atoms with Crippen LogP contribution in [-0.2, 0) is 26.1 Å². The molecule has 174 valence electrons. The average Bonchev–Trinajstić information content (AvgIpc) is 3.27. The van der Waals surface area contributed by atoms with E-state index < -0.39 is 10.0 Å². The second-order valence-electron chi connectivity index (χ2n) is 7.44. The molecule has 1 aliphatic heterocycles. The molecule has 0 spiro atoms. The van der Waals surface area contributed by atoms with Gasteiger partial charge in [-0.05, 0) is 40.6 Å². The second kappa shape index (κ2) is 10.4. The molecule has 0 bridgehead atoms. The summed E-state index contributed by atoms with van der Waals surface area (Å²) in [6.45, 7) is 3.60. The van der Waals surface area contributed by atoms with Crippen molar-refractivity contribution < 1.29 is 17.9 Å². The molecule has 0 unspecified atom stereocenters. The van der Waals surface area contributed by atoms with E-state index in [1.807, 2.05) is 30.3 Å². The van der Waals surface area contributed by atoms with Crippen LogP contribution in [0.2, 0.25) is 0 Å². The Hall–Kier alpha value is -2.80. The van der Waals surface area contributed by atoms with Crippen LogP contribution in [0, 0.1) is 6.92 Å². The van der Waals surface area contributed by atoms with E-state index in [2.05, 4.69) is 20.8 Å². The molecule has 0 radical (unpaired) electrons. The van der Waals surface area contributed by atoms with E-state index in [1.165, 1.54) is 22.1 Å². The van der Waals surface area contributed by atoms with Gasteiger partial charge >= 0.3 is 0 Å². The first-order valence-electron chi connectivity index (χ1n) is 10.3. The first-order chi connectivity index (χ1) is 15.9. The first-order valence-corrected chi connectivity index (χ1v) is 12.8. The molecule has 0 aliphatic carbocycles.